The fourth-order valence-corrected chi connectivity index (χ4v) is 2.23. The van der Waals surface area contributed by atoms with Crippen LogP contribution < -0.4 is 0 Å². The second kappa shape index (κ2) is 5.51. The first-order chi connectivity index (χ1) is 8.72. The molecule has 0 heterocycles. The van der Waals surface area contributed by atoms with Crippen molar-refractivity contribution in [2.24, 2.45) is 5.41 Å². The predicted octanol–water partition coefficient (Wildman–Crippen LogP) is 4.00. The molecule has 1 heteroatoms. The molecule has 0 saturated heterocycles. The first kappa shape index (κ1) is 12.4. The first-order valence-corrected chi connectivity index (χ1v) is 6.21. The maximum absolute atomic E-state index is 9.46. The normalized spacial score (nSPS) is 10.9. The third-order valence-electron chi connectivity index (χ3n) is 3.14. The molecule has 0 aromatic heterocycles. The van der Waals surface area contributed by atoms with Gasteiger partial charge in [-0.3, -0.25) is 0 Å². The number of nitriles is 1. The van der Waals surface area contributed by atoms with Gasteiger partial charge in [-0.2, -0.15) is 5.26 Å². The zero-order valence-electron chi connectivity index (χ0n) is 10.6. The molecule has 0 saturated carbocycles. The number of rotatable bonds is 4. The highest BCUT2D eigenvalue weighted by Crippen LogP contribution is 2.26. The Hall–Kier alpha value is -2.07. The lowest BCUT2D eigenvalue weighted by Gasteiger charge is -2.21. The molecule has 90 valence electrons. The van der Waals surface area contributed by atoms with Crippen LogP contribution in [0.5, 0.6) is 0 Å². The molecule has 0 aliphatic carbocycles. The Morgan fingerprint density at radius 1 is 0.833 bits per heavy atom. The molecule has 0 bridgehead atoms. The summed E-state index contributed by atoms with van der Waals surface area (Å²) >= 11 is 0. The lowest BCUT2D eigenvalue weighted by molar-refractivity contribution is 0.436. The molecule has 0 aliphatic heterocycles. The standard InChI is InChI=1S/C17H17N/c1-17(14-18,12-15-8-4-2-5-9-15)13-16-10-6-3-7-11-16/h2-11H,12-13H2,1H3. The van der Waals surface area contributed by atoms with E-state index >= 15 is 0 Å². The topological polar surface area (TPSA) is 23.8 Å². The number of nitrogens with zero attached hydrogens (tertiary/aromatic N) is 1. The van der Waals surface area contributed by atoms with Gasteiger partial charge in [0.1, 0.15) is 0 Å². The number of hydrogen-bond acceptors (Lipinski definition) is 1. The Kier molecular flexibility index (Phi) is 3.79. The van der Waals surface area contributed by atoms with Crippen molar-refractivity contribution in [2.45, 2.75) is 19.8 Å². The van der Waals surface area contributed by atoms with Gasteiger partial charge in [-0.05, 0) is 30.9 Å². The highest BCUT2D eigenvalue weighted by molar-refractivity contribution is 5.23. The molecule has 0 fully saturated rings. The van der Waals surface area contributed by atoms with Crippen LogP contribution in [0.3, 0.4) is 0 Å². The Balaban J connectivity index is 2.14. The van der Waals surface area contributed by atoms with Crippen LogP contribution in [-0.4, -0.2) is 0 Å². The smallest absolute Gasteiger partial charge is 0.0693 e. The van der Waals surface area contributed by atoms with Crippen LogP contribution in [0.15, 0.2) is 60.7 Å². The Morgan fingerprint density at radius 2 is 1.22 bits per heavy atom. The van der Waals surface area contributed by atoms with E-state index in [1.165, 1.54) is 11.1 Å². The van der Waals surface area contributed by atoms with Crippen LogP contribution in [-0.2, 0) is 12.8 Å². The van der Waals surface area contributed by atoms with E-state index in [0.29, 0.717) is 0 Å². The van der Waals surface area contributed by atoms with Crippen LogP contribution in [0.1, 0.15) is 18.1 Å². The van der Waals surface area contributed by atoms with Crippen molar-refractivity contribution >= 4 is 0 Å². The molecule has 0 unspecified atom stereocenters. The number of hydrogen-bond donors (Lipinski definition) is 0. The van der Waals surface area contributed by atoms with E-state index < -0.39 is 0 Å². The molecular formula is C17H17N. The summed E-state index contributed by atoms with van der Waals surface area (Å²) in [6.45, 7) is 2.03. The lowest BCUT2D eigenvalue weighted by atomic mass is 9.80. The summed E-state index contributed by atoms with van der Waals surface area (Å²) in [5.41, 5.74) is 2.10. The monoisotopic (exact) mass is 235 g/mol. The number of benzene rings is 2. The molecule has 1 nitrogen and oxygen atoms in total. The largest absolute Gasteiger partial charge is 0.198 e. The second-order valence-corrected chi connectivity index (χ2v) is 5.00. The summed E-state index contributed by atoms with van der Waals surface area (Å²) in [7, 11) is 0. The van der Waals surface area contributed by atoms with Crippen molar-refractivity contribution in [1.82, 2.24) is 0 Å². The van der Waals surface area contributed by atoms with Gasteiger partial charge in [0.05, 0.1) is 11.5 Å². The maximum atomic E-state index is 9.46. The van der Waals surface area contributed by atoms with Gasteiger partial charge in [-0.15, -0.1) is 0 Å². The van der Waals surface area contributed by atoms with E-state index in [-0.39, 0.29) is 5.41 Å². The molecule has 2 aromatic rings. The fraction of sp³-hybridized carbons (Fsp3) is 0.235. The van der Waals surface area contributed by atoms with Crippen LogP contribution in [0.25, 0.3) is 0 Å². The summed E-state index contributed by atoms with van der Waals surface area (Å²) in [5.74, 6) is 0. The van der Waals surface area contributed by atoms with E-state index in [1.54, 1.807) is 0 Å². The minimum absolute atomic E-state index is 0.345. The summed E-state index contributed by atoms with van der Waals surface area (Å²) in [5, 5.41) is 9.46. The third-order valence-corrected chi connectivity index (χ3v) is 3.14. The van der Waals surface area contributed by atoms with E-state index in [9.17, 15) is 5.26 Å². The average molecular weight is 235 g/mol. The molecule has 0 radical (unpaired) electrons. The minimum atomic E-state index is -0.345. The summed E-state index contributed by atoms with van der Waals surface area (Å²) in [4.78, 5) is 0. The molecule has 18 heavy (non-hydrogen) atoms. The lowest BCUT2D eigenvalue weighted by Crippen LogP contribution is -2.20. The van der Waals surface area contributed by atoms with E-state index in [2.05, 4.69) is 30.3 Å². The zero-order valence-corrected chi connectivity index (χ0v) is 10.6. The van der Waals surface area contributed by atoms with Crippen molar-refractivity contribution in [2.75, 3.05) is 0 Å². The van der Waals surface area contributed by atoms with Crippen LogP contribution in [0.4, 0.5) is 0 Å². The van der Waals surface area contributed by atoms with Gasteiger partial charge in [0, 0.05) is 0 Å². The average Bonchev–Trinajstić information content (AvgIpc) is 2.41. The van der Waals surface area contributed by atoms with Gasteiger partial charge in [0.25, 0.3) is 0 Å². The van der Waals surface area contributed by atoms with Crippen molar-refractivity contribution < 1.29 is 0 Å². The molecule has 2 aromatic carbocycles. The third kappa shape index (κ3) is 3.21. The molecule has 0 amide bonds. The van der Waals surface area contributed by atoms with Gasteiger partial charge in [-0.1, -0.05) is 60.7 Å². The van der Waals surface area contributed by atoms with Crippen molar-refractivity contribution in [3.63, 3.8) is 0 Å². The summed E-state index contributed by atoms with van der Waals surface area (Å²) < 4.78 is 0. The SMILES string of the molecule is CC(C#N)(Cc1ccccc1)Cc1ccccc1. The Labute approximate surface area is 109 Å². The summed E-state index contributed by atoms with van der Waals surface area (Å²) in [6.07, 6.45) is 1.58. The molecule has 2 rings (SSSR count). The van der Waals surface area contributed by atoms with E-state index in [1.807, 2.05) is 43.3 Å². The quantitative estimate of drug-likeness (QED) is 0.785. The minimum Gasteiger partial charge on any atom is -0.198 e. The summed E-state index contributed by atoms with van der Waals surface area (Å²) in [6, 6.07) is 22.9. The molecule has 0 aliphatic rings. The van der Waals surface area contributed by atoms with E-state index in [0.717, 1.165) is 12.8 Å². The molecule has 0 spiro atoms. The van der Waals surface area contributed by atoms with Crippen LogP contribution >= 0.6 is 0 Å². The van der Waals surface area contributed by atoms with Crippen molar-refractivity contribution in [3.05, 3.63) is 71.8 Å². The van der Waals surface area contributed by atoms with E-state index in [4.69, 9.17) is 0 Å². The highest BCUT2D eigenvalue weighted by atomic mass is 14.3. The van der Waals surface area contributed by atoms with Crippen molar-refractivity contribution in [1.29, 1.82) is 5.26 Å². The van der Waals surface area contributed by atoms with Crippen LogP contribution in [0.2, 0.25) is 0 Å². The van der Waals surface area contributed by atoms with Gasteiger partial charge < -0.3 is 0 Å². The molecular weight excluding hydrogens is 218 g/mol. The Morgan fingerprint density at radius 3 is 1.56 bits per heavy atom. The van der Waals surface area contributed by atoms with Gasteiger partial charge >= 0.3 is 0 Å². The van der Waals surface area contributed by atoms with Gasteiger partial charge in [-0.25, -0.2) is 0 Å². The molecule has 0 atom stereocenters. The fourth-order valence-electron chi connectivity index (χ4n) is 2.23. The first-order valence-electron chi connectivity index (χ1n) is 6.21. The van der Waals surface area contributed by atoms with Gasteiger partial charge in [0.15, 0.2) is 0 Å². The molecule has 0 N–H and O–H groups in total. The van der Waals surface area contributed by atoms with Gasteiger partial charge in [0.2, 0.25) is 0 Å². The highest BCUT2D eigenvalue weighted by Gasteiger charge is 2.24. The maximum Gasteiger partial charge on any atom is 0.0693 e. The zero-order chi connectivity index (χ0) is 12.8. The van der Waals surface area contributed by atoms with Crippen molar-refractivity contribution in [3.8, 4) is 6.07 Å². The Bertz CT molecular complexity index is 481. The second-order valence-electron chi connectivity index (χ2n) is 5.00. The van der Waals surface area contributed by atoms with Crippen LogP contribution in [0, 0.1) is 16.7 Å². The predicted molar refractivity (Wildman–Crippen MR) is 74.0 cm³/mol.